The summed E-state index contributed by atoms with van der Waals surface area (Å²) >= 11 is 0. The van der Waals surface area contributed by atoms with Crippen LogP contribution in [0.2, 0.25) is 0 Å². The van der Waals surface area contributed by atoms with Crippen molar-refractivity contribution >= 4 is 0 Å². The van der Waals surface area contributed by atoms with Gasteiger partial charge in [0.25, 0.3) is 0 Å². The second-order valence-corrected chi connectivity index (χ2v) is 2.19. The number of hydrogen-bond acceptors (Lipinski definition) is 4. The monoisotopic (exact) mass is 160 g/mol. The molecule has 0 heterocycles. The van der Waals surface area contributed by atoms with Crippen molar-refractivity contribution in [2.45, 2.75) is 13.3 Å². The van der Waals surface area contributed by atoms with E-state index in [0.29, 0.717) is 0 Å². The van der Waals surface area contributed by atoms with Gasteiger partial charge < -0.3 is 10.1 Å². The van der Waals surface area contributed by atoms with Gasteiger partial charge in [0.2, 0.25) is 6.67 Å². The fourth-order valence-electron chi connectivity index (χ4n) is 0.640. The summed E-state index contributed by atoms with van der Waals surface area (Å²) in [5.41, 5.74) is 0. The van der Waals surface area contributed by atoms with Gasteiger partial charge in [0.15, 0.2) is 5.22 Å². The summed E-state index contributed by atoms with van der Waals surface area (Å²) in [6.07, 6.45) is 1.00. The summed E-state index contributed by atoms with van der Waals surface area (Å²) in [7, 11) is 1.84. The van der Waals surface area contributed by atoms with Gasteiger partial charge in [0, 0.05) is 6.54 Å². The molecule has 0 saturated heterocycles. The van der Waals surface area contributed by atoms with E-state index >= 15 is 0 Å². The van der Waals surface area contributed by atoms with E-state index in [2.05, 4.69) is 10.3 Å². The lowest BCUT2D eigenvalue weighted by molar-refractivity contribution is -0.494. The zero-order valence-corrected chi connectivity index (χ0v) is 6.73. The van der Waals surface area contributed by atoms with Crippen LogP contribution in [-0.4, -0.2) is 30.2 Å². The molecule has 0 amide bonds. The Bertz CT molecular complexity index is 147. The molecule has 0 aromatic rings. The number of nitrogens with zero attached hydrogens (tertiary/aromatic N) is 4. The Morgan fingerprint density at radius 2 is 2.27 bits per heavy atom. The minimum Gasteiger partial charge on any atom is -0.337 e. The van der Waals surface area contributed by atoms with Crippen LogP contribution in [0.25, 0.3) is 0 Å². The third kappa shape index (κ3) is 6.85. The van der Waals surface area contributed by atoms with Crippen molar-refractivity contribution in [3.8, 4) is 0 Å². The number of hydrogen-bond donors (Lipinski definition) is 0. The molecule has 0 N–H and O–H groups in total. The Kier molecular flexibility index (Phi) is 5.18. The lowest BCUT2D eigenvalue weighted by Gasteiger charge is -2.06. The van der Waals surface area contributed by atoms with E-state index in [9.17, 15) is 10.1 Å². The normalized spacial score (nSPS) is 11.2. The number of nitro groups is 1. The highest BCUT2D eigenvalue weighted by atomic mass is 16.7. The van der Waals surface area contributed by atoms with Crippen LogP contribution >= 0.6 is 0 Å². The predicted octanol–water partition coefficient (Wildman–Crippen LogP) is 0.930. The third-order valence-corrected chi connectivity index (χ3v) is 1.05. The van der Waals surface area contributed by atoms with E-state index in [1.807, 2.05) is 18.9 Å². The lowest BCUT2D eigenvalue weighted by atomic mass is 10.5. The molecule has 0 aliphatic heterocycles. The molecule has 6 nitrogen and oxygen atoms in total. The second-order valence-electron chi connectivity index (χ2n) is 2.19. The van der Waals surface area contributed by atoms with Crippen LogP contribution in [0.15, 0.2) is 10.3 Å². The van der Waals surface area contributed by atoms with Gasteiger partial charge in [-0.05, 0) is 13.5 Å². The molecular formula is C5H12N4O2. The average Bonchev–Trinajstić information content (AvgIpc) is 1.87. The topological polar surface area (TPSA) is 71.1 Å². The van der Waals surface area contributed by atoms with Crippen LogP contribution in [0.1, 0.15) is 13.3 Å². The molecule has 0 aromatic heterocycles. The fourth-order valence-corrected chi connectivity index (χ4v) is 0.640. The molecule has 0 aliphatic carbocycles. The Morgan fingerprint density at radius 3 is 2.73 bits per heavy atom. The van der Waals surface area contributed by atoms with E-state index in [1.165, 1.54) is 0 Å². The molecule has 0 atom stereocenters. The van der Waals surface area contributed by atoms with Crippen molar-refractivity contribution in [2.24, 2.45) is 10.3 Å². The van der Waals surface area contributed by atoms with Crippen molar-refractivity contribution < 1.29 is 5.03 Å². The summed E-state index contributed by atoms with van der Waals surface area (Å²) in [5.74, 6) is 0. The van der Waals surface area contributed by atoms with Gasteiger partial charge in [0.1, 0.15) is 0 Å². The quantitative estimate of drug-likeness (QED) is 0.341. The van der Waals surface area contributed by atoms with Crippen molar-refractivity contribution in [1.29, 1.82) is 0 Å². The highest BCUT2D eigenvalue weighted by Crippen LogP contribution is 1.86. The van der Waals surface area contributed by atoms with Gasteiger partial charge in [0.05, 0.1) is 10.1 Å². The van der Waals surface area contributed by atoms with Gasteiger partial charge in [-0.2, -0.15) is 0 Å². The number of rotatable bonds is 5. The summed E-state index contributed by atoms with van der Waals surface area (Å²) < 4.78 is 0. The van der Waals surface area contributed by atoms with E-state index in [1.54, 1.807) is 0 Å². The van der Waals surface area contributed by atoms with Gasteiger partial charge in [-0.15, -0.1) is 0 Å². The average molecular weight is 160 g/mol. The van der Waals surface area contributed by atoms with Gasteiger partial charge >= 0.3 is 0 Å². The molecule has 64 valence electrons. The maximum Gasteiger partial charge on any atom is 0.211 e. The first-order valence-electron chi connectivity index (χ1n) is 3.37. The first-order chi connectivity index (χ1) is 5.16. The molecule has 0 radical (unpaired) electrons. The van der Waals surface area contributed by atoms with E-state index in [4.69, 9.17) is 0 Å². The molecule has 0 fully saturated rings. The SMILES string of the molecule is CCCN(C)CN=N[N+](=O)[O-]. The van der Waals surface area contributed by atoms with Crippen molar-refractivity contribution in [3.05, 3.63) is 10.1 Å². The second kappa shape index (κ2) is 5.72. The smallest absolute Gasteiger partial charge is 0.211 e. The molecule has 6 heteroatoms. The van der Waals surface area contributed by atoms with Gasteiger partial charge in [-0.1, -0.05) is 6.92 Å². The highest BCUT2D eigenvalue weighted by molar-refractivity contribution is 4.43. The highest BCUT2D eigenvalue weighted by Gasteiger charge is 1.97. The zero-order chi connectivity index (χ0) is 8.69. The largest absolute Gasteiger partial charge is 0.337 e. The molecule has 0 saturated carbocycles. The molecule has 0 bridgehead atoms. The Labute approximate surface area is 65.0 Å². The van der Waals surface area contributed by atoms with Gasteiger partial charge in [-0.3, -0.25) is 4.90 Å². The minimum absolute atomic E-state index is 0.287. The summed E-state index contributed by atoms with van der Waals surface area (Å²) in [6.45, 7) is 3.19. The lowest BCUT2D eigenvalue weighted by Crippen LogP contribution is -2.18. The molecule has 0 rings (SSSR count). The Hall–Kier alpha value is -1.04. The molecule has 0 unspecified atom stereocenters. The van der Waals surface area contributed by atoms with Crippen LogP contribution in [0.5, 0.6) is 0 Å². The van der Waals surface area contributed by atoms with E-state index in [-0.39, 0.29) is 6.67 Å². The molecule has 0 aromatic carbocycles. The standard InChI is InChI=1S/C5H12N4O2/c1-3-4-8(2)5-6-7-9(10)11/h3-5H2,1-2H3. The van der Waals surface area contributed by atoms with E-state index in [0.717, 1.165) is 13.0 Å². The maximum absolute atomic E-state index is 9.67. The van der Waals surface area contributed by atoms with Crippen LogP contribution in [0.3, 0.4) is 0 Å². The molecular weight excluding hydrogens is 148 g/mol. The summed E-state index contributed by atoms with van der Waals surface area (Å²) in [4.78, 5) is 11.5. The Balaban J connectivity index is 3.44. The van der Waals surface area contributed by atoms with Crippen LogP contribution in [-0.2, 0) is 0 Å². The zero-order valence-electron chi connectivity index (χ0n) is 6.73. The Morgan fingerprint density at radius 1 is 1.64 bits per heavy atom. The predicted molar refractivity (Wildman–Crippen MR) is 39.6 cm³/mol. The molecule has 0 spiro atoms. The first-order valence-corrected chi connectivity index (χ1v) is 3.37. The van der Waals surface area contributed by atoms with Gasteiger partial charge in [-0.25, -0.2) is 0 Å². The summed E-state index contributed by atoms with van der Waals surface area (Å²) in [5, 5.41) is 15.0. The third-order valence-electron chi connectivity index (χ3n) is 1.05. The maximum atomic E-state index is 9.67. The van der Waals surface area contributed by atoms with Crippen molar-refractivity contribution in [3.63, 3.8) is 0 Å². The molecule has 11 heavy (non-hydrogen) atoms. The van der Waals surface area contributed by atoms with Crippen molar-refractivity contribution in [2.75, 3.05) is 20.3 Å². The summed E-state index contributed by atoms with van der Waals surface area (Å²) in [6, 6.07) is 0. The minimum atomic E-state index is -0.806. The van der Waals surface area contributed by atoms with Crippen LogP contribution in [0, 0.1) is 10.1 Å². The van der Waals surface area contributed by atoms with E-state index < -0.39 is 5.03 Å². The van der Waals surface area contributed by atoms with Crippen molar-refractivity contribution in [1.82, 2.24) is 4.90 Å². The molecule has 0 aliphatic rings. The first kappa shape index (κ1) is 9.96. The fraction of sp³-hybridized carbons (Fsp3) is 1.00. The van der Waals surface area contributed by atoms with Crippen LogP contribution in [0.4, 0.5) is 0 Å². The van der Waals surface area contributed by atoms with Crippen LogP contribution < -0.4 is 0 Å².